The van der Waals surface area contributed by atoms with Gasteiger partial charge in [0.15, 0.2) is 9.84 Å². The lowest BCUT2D eigenvalue weighted by molar-refractivity contribution is -0.160. The van der Waals surface area contributed by atoms with E-state index in [2.05, 4.69) is 10.6 Å². The van der Waals surface area contributed by atoms with Crippen LogP contribution in [0.3, 0.4) is 0 Å². The molecule has 0 radical (unpaired) electrons. The first-order chi connectivity index (χ1) is 15.6. The first-order valence-electron chi connectivity index (χ1n) is 11.1. The summed E-state index contributed by atoms with van der Waals surface area (Å²) in [5.41, 5.74) is -0.952. The first-order valence-corrected chi connectivity index (χ1v) is 13.0. The van der Waals surface area contributed by atoms with Crippen molar-refractivity contribution in [2.75, 3.05) is 11.5 Å². The van der Waals surface area contributed by atoms with E-state index in [0.717, 1.165) is 0 Å². The van der Waals surface area contributed by atoms with Crippen molar-refractivity contribution in [1.29, 1.82) is 5.26 Å². The predicted molar refractivity (Wildman–Crippen MR) is 121 cm³/mol. The lowest BCUT2D eigenvalue weighted by Crippen LogP contribution is -2.54. The van der Waals surface area contributed by atoms with Gasteiger partial charge in [-0.05, 0) is 35.8 Å². The summed E-state index contributed by atoms with van der Waals surface area (Å²) in [6, 6.07) is 3.01. The Morgan fingerprint density at radius 3 is 2.06 bits per heavy atom. The molecule has 2 rings (SSSR count). The smallest absolute Gasteiger partial charge is 0.388 e. The molecule has 1 aliphatic rings. The largest absolute Gasteiger partial charge is 0.407 e. The second kappa shape index (κ2) is 10.6. The maximum absolute atomic E-state index is 14.0. The number of benzene rings is 1. The molecule has 1 fully saturated rings. The summed E-state index contributed by atoms with van der Waals surface area (Å²) in [6.45, 7) is 6.85. The molecule has 7 nitrogen and oxygen atoms in total. The molecule has 0 heterocycles. The van der Waals surface area contributed by atoms with E-state index in [1.807, 2.05) is 6.07 Å². The molecule has 0 spiro atoms. The van der Waals surface area contributed by atoms with Crippen LogP contribution in [0.25, 0.3) is 0 Å². The van der Waals surface area contributed by atoms with Crippen LogP contribution in [0.15, 0.2) is 24.3 Å². The van der Waals surface area contributed by atoms with Gasteiger partial charge in [0.25, 0.3) is 0 Å². The second-order valence-corrected chi connectivity index (χ2v) is 11.9. The number of hydrogen-bond acceptors (Lipinski definition) is 6. The molecular weight excluding hydrogens is 471 g/mol. The molecule has 190 valence electrons. The van der Waals surface area contributed by atoms with Gasteiger partial charge in [0.05, 0.1) is 23.7 Å². The molecule has 11 heteroatoms. The lowest BCUT2D eigenvalue weighted by Gasteiger charge is -2.28. The zero-order valence-electron chi connectivity index (χ0n) is 19.7. The van der Waals surface area contributed by atoms with Crippen LogP contribution in [0.1, 0.15) is 63.8 Å². The highest BCUT2D eigenvalue weighted by molar-refractivity contribution is 7.91. The molecule has 1 amide bonds. The van der Waals surface area contributed by atoms with E-state index in [1.54, 1.807) is 27.7 Å². The molecular formula is C23H32F3N3O4S. The monoisotopic (exact) mass is 503 g/mol. The van der Waals surface area contributed by atoms with Gasteiger partial charge in [-0.3, -0.25) is 10.1 Å². The van der Waals surface area contributed by atoms with Crippen LogP contribution in [-0.2, 0) is 14.6 Å². The van der Waals surface area contributed by atoms with Crippen molar-refractivity contribution in [1.82, 2.24) is 10.6 Å². The summed E-state index contributed by atoms with van der Waals surface area (Å²) < 4.78 is 67.2. The minimum atomic E-state index is -4.84. The van der Waals surface area contributed by atoms with E-state index in [4.69, 9.17) is 0 Å². The van der Waals surface area contributed by atoms with Crippen molar-refractivity contribution in [3.63, 3.8) is 0 Å². The molecule has 3 atom stereocenters. The number of alkyl halides is 3. The summed E-state index contributed by atoms with van der Waals surface area (Å²) in [5, 5.41) is 24.0. The number of halogens is 3. The van der Waals surface area contributed by atoms with Crippen molar-refractivity contribution in [3.05, 3.63) is 35.4 Å². The Bertz CT molecular complexity index is 998. The van der Waals surface area contributed by atoms with Gasteiger partial charge in [0.1, 0.15) is 17.6 Å². The average Bonchev–Trinajstić information content (AvgIpc) is 3.48. The van der Waals surface area contributed by atoms with Crippen LogP contribution in [0, 0.1) is 23.2 Å². The average molecular weight is 504 g/mol. The molecule has 0 bridgehead atoms. The number of nitrogens with one attached hydrogen (secondary N) is 2. The zero-order valence-corrected chi connectivity index (χ0v) is 20.5. The van der Waals surface area contributed by atoms with E-state index in [9.17, 15) is 36.8 Å². The highest BCUT2D eigenvalue weighted by atomic mass is 32.2. The number of sulfone groups is 1. The number of nitrogens with zero attached hydrogens (tertiary/aromatic N) is 1. The Kier molecular flexibility index (Phi) is 8.77. The SMILES string of the molecule is CC(C)CS(=O)(=O)C[C@H](N[C@@H](c1ccc([C@@H](O)C(C)C)cc1)C(F)(F)F)C(=O)NC1(C#N)CC1. The molecule has 0 aromatic heterocycles. The quantitative estimate of drug-likeness (QED) is 0.427. The third kappa shape index (κ3) is 7.68. The van der Waals surface area contributed by atoms with Crippen molar-refractivity contribution < 1.29 is 31.5 Å². The molecule has 34 heavy (non-hydrogen) atoms. The van der Waals surface area contributed by atoms with Crippen molar-refractivity contribution in [3.8, 4) is 6.07 Å². The molecule has 1 aromatic carbocycles. The number of carbonyl (C=O) groups excluding carboxylic acids is 1. The van der Waals surface area contributed by atoms with Crippen molar-refractivity contribution in [2.24, 2.45) is 11.8 Å². The fourth-order valence-corrected chi connectivity index (χ4v) is 5.50. The minimum absolute atomic E-state index is 0.142. The highest BCUT2D eigenvalue weighted by Crippen LogP contribution is 2.36. The summed E-state index contributed by atoms with van der Waals surface area (Å²) in [5.74, 6) is -2.51. The summed E-state index contributed by atoms with van der Waals surface area (Å²) in [7, 11) is -3.87. The van der Waals surface area contributed by atoms with Gasteiger partial charge in [-0.25, -0.2) is 8.42 Å². The molecule has 3 N–H and O–H groups in total. The Balaban J connectivity index is 2.36. The highest BCUT2D eigenvalue weighted by Gasteiger charge is 2.48. The summed E-state index contributed by atoms with van der Waals surface area (Å²) in [4.78, 5) is 12.8. The van der Waals surface area contributed by atoms with Crippen molar-refractivity contribution in [2.45, 2.75) is 70.4 Å². The maximum Gasteiger partial charge on any atom is 0.407 e. The van der Waals surface area contributed by atoms with E-state index in [1.165, 1.54) is 24.3 Å². The Morgan fingerprint density at radius 2 is 1.65 bits per heavy atom. The zero-order chi connectivity index (χ0) is 25.9. The number of hydrogen-bond donors (Lipinski definition) is 3. The van der Waals surface area contributed by atoms with Gasteiger partial charge in [-0.1, -0.05) is 52.0 Å². The molecule has 1 aromatic rings. The fourth-order valence-electron chi connectivity index (χ4n) is 3.59. The standard InChI is InChI=1S/C23H32F3N3O4S/c1-14(2)11-34(32,33)12-18(21(31)29-22(13-27)9-10-22)28-20(23(24,25)26)17-7-5-16(6-8-17)19(30)15(3)4/h5-8,14-15,18-20,28,30H,9-12H2,1-4H3,(H,29,31)/t18-,19-,20-/m0/s1. The van der Waals surface area contributed by atoms with Gasteiger partial charge in [0, 0.05) is 0 Å². The van der Waals surface area contributed by atoms with E-state index in [0.29, 0.717) is 18.4 Å². The van der Waals surface area contributed by atoms with E-state index in [-0.39, 0.29) is 23.2 Å². The van der Waals surface area contributed by atoms with Crippen LogP contribution in [0.5, 0.6) is 0 Å². The van der Waals surface area contributed by atoms with Crippen LogP contribution in [0.2, 0.25) is 0 Å². The van der Waals surface area contributed by atoms with Crippen LogP contribution < -0.4 is 10.6 Å². The number of carbonyl (C=O) groups is 1. The molecule has 0 aliphatic heterocycles. The fraction of sp³-hybridized carbons (Fsp3) is 0.652. The number of amides is 1. The first kappa shape index (κ1) is 28.1. The number of aliphatic hydroxyl groups is 1. The van der Waals surface area contributed by atoms with Gasteiger partial charge >= 0.3 is 6.18 Å². The molecule has 1 saturated carbocycles. The van der Waals surface area contributed by atoms with E-state index >= 15 is 0 Å². The van der Waals surface area contributed by atoms with Crippen molar-refractivity contribution >= 4 is 15.7 Å². The number of rotatable bonds is 11. The second-order valence-electron chi connectivity index (χ2n) is 9.70. The molecule has 1 aliphatic carbocycles. The van der Waals surface area contributed by atoms with Crippen LogP contribution >= 0.6 is 0 Å². The van der Waals surface area contributed by atoms with Crippen LogP contribution in [-0.4, -0.2) is 48.7 Å². The molecule has 0 unspecified atom stereocenters. The predicted octanol–water partition coefficient (Wildman–Crippen LogP) is 3.18. The van der Waals surface area contributed by atoms with Gasteiger partial charge < -0.3 is 10.4 Å². The maximum atomic E-state index is 14.0. The third-order valence-corrected chi connectivity index (χ3v) is 7.60. The lowest BCUT2D eigenvalue weighted by atomic mass is 9.96. The number of nitriles is 1. The Labute approximate surface area is 198 Å². The van der Waals surface area contributed by atoms with Crippen LogP contribution in [0.4, 0.5) is 13.2 Å². The third-order valence-electron chi connectivity index (χ3n) is 5.59. The van der Waals surface area contributed by atoms with E-state index < -0.39 is 51.4 Å². The summed E-state index contributed by atoms with van der Waals surface area (Å²) >= 11 is 0. The Hall–Kier alpha value is -2.16. The van der Waals surface area contributed by atoms with Gasteiger partial charge in [-0.2, -0.15) is 18.4 Å². The normalized spacial score (nSPS) is 18.3. The topological polar surface area (TPSA) is 119 Å². The minimum Gasteiger partial charge on any atom is -0.388 e. The van der Waals surface area contributed by atoms with Gasteiger partial charge in [-0.15, -0.1) is 0 Å². The summed E-state index contributed by atoms with van der Waals surface area (Å²) in [6.07, 6.45) is -5.00. The number of aliphatic hydroxyl groups excluding tert-OH is 1. The van der Waals surface area contributed by atoms with Gasteiger partial charge in [0.2, 0.25) is 5.91 Å². The Morgan fingerprint density at radius 1 is 1.12 bits per heavy atom. The molecule has 0 saturated heterocycles.